The first-order chi connectivity index (χ1) is 8.36. The summed E-state index contributed by atoms with van der Waals surface area (Å²) in [6, 6.07) is 0. The fourth-order valence-corrected chi connectivity index (χ4v) is 2.55. The SMILES string of the molecule is Cc1c(Cl)c(C)c(C(=O)O)c(C2CC2)c1C(=O)O. The lowest BCUT2D eigenvalue weighted by atomic mass is 9.89. The Morgan fingerprint density at radius 3 is 1.72 bits per heavy atom. The first-order valence-corrected chi connectivity index (χ1v) is 6.03. The summed E-state index contributed by atoms with van der Waals surface area (Å²) in [5.41, 5.74) is 1.47. The van der Waals surface area contributed by atoms with Gasteiger partial charge in [0.15, 0.2) is 0 Å². The molecule has 0 atom stereocenters. The molecule has 5 heteroatoms. The Labute approximate surface area is 109 Å². The maximum absolute atomic E-state index is 11.4. The number of hydrogen-bond donors (Lipinski definition) is 2. The van der Waals surface area contributed by atoms with Gasteiger partial charge in [-0.1, -0.05) is 11.6 Å². The first kappa shape index (κ1) is 12.9. The predicted molar refractivity (Wildman–Crippen MR) is 66.8 cm³/mol. The van der Waals surface area contributed by atoms with Crippen LogP contribution in [-0.4, -0.2) is 22.2 Å². The topological polar surface area (TPSA) is 74.6 Å². The number of carboxylic acid groups (broad SMARTS) is 2. The van der Waals surface area contributed by atoms with Gasteiger partial charge in [0.05, 0.1) is 11.1 Å². The minimum Gasteiger partial charge on any atom is -0.478 e. The quantitative estimate of drug-likeness (QED) is 0.882. The van der Waals surface area contributed by atoms with Crippen molar-refractivity contribution in [2.24, 2.45) is 0 Å². The molecular weight excluding hydrogens is 256 g/mol. The van der Waals surface area contributed by atoms with E-state index in [0.717, 1.165) is 12.8 Å². The summed E-state index contributed by atoms with van der Waals surface area (Å²) in [7, 11) is 0. The van der Waals surface area contributed by atoms with Gasteiger partial charge in [-0.05, 0) is 49.3 Å². The lowest BCUT2D eigenvalue weighted by Crippen LogP contribution is -2.14. The normalized spacial score (nSPS) is 14.6. The molecule has 0 unspecified atom stereocenters. The zero-order valence-corrected chi connectivity index (χ0v) is 10.8. The molecule has 0 aromatic heterocycles. The highest BCUT2D eigenvalue weighted by atomic mass is 35.5. The van der Waals surface area contributed by atoms with E-state index in [0.29, 0.717) is 16.7 Å². The number of carboxylic acids is 2. The zero-order valence-electron chi connectivity index (χ0n) is 10.1. The van der Waals surface area contributed by atoms with E-state index in [2.05, 4.69) is 0 Å². The second-order valence-corrected chi connectivity index (χ2v) is 4.99. The van der Waals surface area contributed by atoms with Crippen molar-refractivity contribution in [1.82, 2.24) is 0 Å². The van der Waals surface area contributed by atoms with Crippen molar-refractivity contribution in [3.63, 3.8) is 0 Å². The number of rotatable bonds is 3. The molecule has 2 rings (SSSR count). The molecule has 0 aliphatic heterocycles. The second kappa shape index (κ2) is 4.28. The Kier molecular flexibility index (Phi) is 3.07. The van der Waals surface area contributed by atoms with Crippen molar-refractivity contribution in [3.05, 3.63) is 32.8 Å². The Hall–Kier alpha value is -1.55. The van der Waals surface area contributed by atoms with Gasteiger partial charge in [-0.2, -0.15) is 0 Å². The average molecular weight is 269 g/mol. The number of halogens is 1. The zero-order chi connectivity index (χ0) is 13.6. The minimum atomic E-state index is -1.11. The monoisotopic (exact) mass is 268 g/mol. The van der Waals surface area contributed by atoms with Gasteiger partial charge in [0, 0.05) is 5.02 Å². The highest BCUT2D eigenvalue weighted by Gasteiger charge is 2.35. The molecule has 2 N–H and O–H groups in total. The van der Waals surface area contributed by atoms with Gasteiger partial charge in [-0.15, -0.1) is 0 Å². The van der Waals surface area contributed by atoms with Gasteiger partial charge < -0.3 is 10.2 Å². The summed E-state index contributed by atoms with van der Waals surface area (Å²) in [5.74, 6) is -2.19. The summed E-state index contributed by atoms with van der Waals surface area (Å²) < 4.78 is 0. The van der Waals surface area contributed by atoms with Crippen molar-refractivity contribution >= 4 is 23.5 Å². The number of hydrogen-bond acceptors (Lipinski definition) is 2. The van der Waals surface area contributed by atoms with E-state index in [-0.39, 0.29) is 22.1 Å². The largest absolute Gasteiger partial charge is 0.478 e. The number of benzene rings is 1. The van der Waals surface area contributed by atoms with Crippen LogP contribution in [0.25, 0.3) is 0 Å². The molecule has 96 valence electrons. The molecule has 4 nitrogen and oxygen atoms in total. The van der Waals surface area contributed by atoms with Crippen LogP contribution < -0.4 is 0 Å². The van der Waals surface area contributed by atoms with E-state index < -0.39 is 11.9 Å². The molecule has 0 heterocycles. The third kappa shape index (κ3) is 1.86. The van der Waals surface area contributed by atoms with Crippen LogP contribution in [0.15, 0.2) is 0 Å². The predicted octanol–water partition coefficient (Wildman–Crippen LogP) is 3.23. The maximum atomic E-state index is 11.4. The van der Waals surface area contributed by atoms with E-state index in [1.165, 1.54) is 0 Å². The fraction of sp³-hybridized carbons (Fsp3) is 0.385. The van der Waals surface area contributed by atoms with E-state index in [9.17, 15) is 19.8 Å². The van der Waals surface area contributed by atoms with Gasteiger partial charge in [0.1, 0.15) is 0 Å². The van der Waals surface area contributed by atoms with Gasteiger partial charge in [-0.3, -0.25) is 0 Å². The summed E-state index contributed by atoms with van der Waals surface area (Å²) >= 11 is 6.05. The third-order valence-corrected chi connectivity index (χ3v) is 3.93. The average Bonchev–Trinajstić information content (AvgIpc) is 3.07. The Morgan fingerprint density at radius 2 is 1.44 bits per heavy atom. The minimum absolute atomic E-state index is 0.0388. The summed E-state index contributed by atoms with van der Waals surface area (Å²) in [5, 5.41) is 18.8. The molecule has 0 spiro atoms. The van der Waals surface area contributed by atoms with Crippen LogP contribution in [0, 0.1) is 13.8 Å². The Balaban J connectivity index is 2.87. The van der Waals surface area contributed by atoms with Crippen molar-refractivity contribution < 1.29 is 19.8 Å². The first-order valence-electron chi connectivity index (χ1n) is 5.65. The van der Waals surface area contributed by atoms with Gasteiger partial charge in [0.25, 0.3) is 0 Å². The van der Waals surface area contributed by atoms with E-state index in [1.54, 1.807) is 13.8 Å². The molecule has 0 bridgehead atoms. The van der Waals surface area contributed by atoms with Crippen molar-refractivity contribution in [2.75, 3.05) is 0 Å². The van der Waals surface area contributed by atoms with E-state index in [1.807, 2.05) is 0 Å². The molecule has 1 aromatic rings. The van der Waals surface area contributed by atoms with Crippen molar-refractivity contribution in [2.45, 2.75) is 32.6 Å². The van der Waals surface area contributed by atoms with Gasteiger partial charge >= 0.3 is 11.9 Å². The third-order valence-electron chi connectivity index (χ3n) is 3.36. The van der Waals surface area contributed by atoms with Crippen LogP contribution in [0.4, 0.5) is 0 Å². The smallest absolute Gasteiger partial charge is 0.336 e. The van der Waals surface area contributed by atoms with Crippen LogP contribution in [0.3, 0.4) is 0 Å². The van der Waals surface area contributed by atoms with Crippen LogP contribution in [0.5, 0.6) is 0 Å². The lowest BCUT2D eigenvalue weighted by Gasteiger charge is -2.16. The Morgan fingerprint density at radius 1 is 1.06 bits per heavy atom. The number of aromatic carboxylic acids is 2. The molecule has 0 radical (unpaired) electrons. The van der Waals surface area contributed by atoms with Gasteiger partial charge in [-0.25, -0.2) is 9.59 Å². The highest BCUT2D eigenvalue weighted by molar-refractivity contribution is 6.33. The van der Waals surface area contributed by atoms with E-state index in [4.69, 9.17) is 11.6 Å². The molecule has 1 saturated carbocycles. The van der Waals surface area contributed by atoms with E-state index >= 15 is 0 Å². The molecular formula is C13H13ClO4. The Bertz CT molecular complexity index is 518. The molecule has 1 aliphatic rings. The molecule has 0 amide bonds. The standard InChI is InChI=1S/C13H13ClO4/c1-5-8(12(15)16)10(7-3-4-7)9(13(17)18)6(2)11(5)14/h7H,3-4H2,1-2H3,(H,15,16)(H,17,18). The molecule has 0 saturated heterocycles. The summed E-state index contributed by atoms with van der Waals surface area (Å²) in [6.07, 6.45) is 1.67. The van der Waals surface area contributed by atoms with Crippen LogP contribution in [0.1, 0.15) is 56.2 Å². The fourth-order valence-electron chi connectivity index (χ4n) is 2.36. The molecule has 1 aromatic carbocycles. The maximum Gasteiger partial charge on any atom is 0.336 e. The molecule has 1 aliphatic carbocycles. The summed E-state index contributed by atoms with van der Waals surface area (Å²) in [4.78, 5) is 22.7. The molecule has 1 fully saturated rings. The second-order valence-electron chi connectivity index (χ2n) is 4.61. The number of carbonyl (C=O) groups is 2. The molecule has 18 heavy (non-hydrogen) atoms. The van der Waals surface area contributed by atoms with Crippen LogP contribution >= 0.6 is 11.6 Å². The van der Waals surface area contributed by atoms with Crippen LogP contribution in [0.2, 0.25) is 5.02 Å². The van der Waals surface area contributed by atoms with Crippen molar-refractivity contribution in [3.8, 4) is 0 Å². The highest BCUT2D eigenvalue weighted by Crippen LogP contribution is 2.46. The van der Waals surface area contributed by atoms with Gasteiger partial charge in [0.2, 0.25) is 0 Å². The lowest BCUT2D eigenvalue weighted by molar-refractivity contribution is 0.0694. The van der Waals surface area contributed by atoms with Crippen LogP contribution in [-0.2, 0) is 0 Å². The van der Waals surface area contributed by atoms with Crippen molar-refractivity contribution in [1.29, 1.82) is 0 Å². The summed E-state index contributed by atoms with van der Waals surface area (Å²) in [6.45, 7) is 3.24.